The highest BCUT2D eigenvalue weighted by Gasteiger charge is 2.11. The van der Waals surface area contributed by atoms with Crippen molar-refractivity contribution in [3.63, 3.8) is 0 Å². The van der Waals surface area contributed by atoms with Crippen molar-refractivity contribution in [2.45, 2.75) is 13.8 Å². The Labute approximate surface area is 116 Å². The van der Waals surface area contributed by atoms with Gasteiger partial charge in [-0.15, -0.1) is 0 Å². The number of hydrogen-bond acceptors (Lipinski definition) is 4. The van der Waals surface area contributed by atoms with Gasteiger partial charge in [0.05, 0.1) is 11.9 Å². The van der Waals surface area contributed by atoms with Crippen LogP contribution in [0.2, 0.25) is 0 Å². The van der Waals surface area contributed by atoms with Crippen molar-refractivity contribution in [2.75, 3.05) is 12.4 Å². The fraction of sp³-hybridized carbons (Fsp3) is 0.200. The maximum absolute atomic E-state index is 9.88. The Morgan fingerprint density at radius 1 is 1.15 bits per heavy atom. The lowest BCUT2D eigenvalue weighted by Gasteiger charge is -2.08. The second kappa shape index (κ2) is 4.52. The number of benzene rings is 1. The zero-order chi connectivity index (χ0) is 14.3. The number of phenolic OH excluding ortho intramolecular Hbond substituents is 1. The predicted octanol–water partition coefficient (Wildman–Crippen LogP) is 2.76. The average Bonchev–Trinajstić information content (AvgIpc) is 2.88. The fourth-order valence-corrected chi connectivity index (χ4v) is 2.41. The molecule has 3 aromatic rings. The highest BCUT2D eigenvalue weighted by Crippen LogP contribution is 2.30. The normalized spacial score (nSPS) is 10.9. The summed E-state index contributed by atoms with van der Waals surface area (Å²) in [5.41, 5.74) is 4.51. The average molecular weight is 268 g/mol. The van der Waals surface area contributed by atoms with Crippen LogP contribution in [0.1, 0.15) is 11.1 Å². The third-order valence-electron chi connectivity index (χ3n) is 3.45. The number of anilines is 1. The highest BCUT2D eigenvalue weighted by atomic mass is 16.3. The molecule has 3 rings (SSSR count). The topological polar surface area (TPSA) is 62.5 Å². The van der Waals surface area contributed by atoms with Crippen LogP contribution in [0.15, 0.2) is 30.7 Å². The van der Waals surface area contributed by atoms with E-state index in [0.717, 1.165) is 33.8 Å². The van der Waals surface area contributed by atoms with Crippen molar-refractivity contribution in [1.29, 1.82) is 0 Å². The molecule has 0 spiro atoms. The smallest absolute Gasteiger partial charge is 0.180 e. The van der Waals surface area contributed by atoms with Crippen LogP contribution in [-0.4, -0.2) is 26.5 Å². The number of aryl methyl sites for hydroxylation is 2. The SMILES string of the molecule is CNc1nccn2c(-c3cc(C)c(O)c(C)c3)cnc12. The molecule has 1 aromatic carbocycles. The van der Waals surface area contributed by atoms with Crippen molar-refractivity contribution >= 4 is 11.5 Å². The standard InChI is InChI=1S/C15H16N4O/c1-9-6-11(7-10(2)13(9)20)12-8-18-15-14(16-3)17-4-5-19(12)15/h4-8,20H,1-3H3,(H,16,17). The highest BCUT2D eigenvalue weighted by molar-refractivity contribution is 5.71. The van der Waals surface area contributed by atoms with Crippen LogP contribution >= 0.6 is 0 Å². The molecular weight excluding hydrogens is 252 g/mol. The van der Waals surface area contributed by atoms with E-state index in [1.54, 1.807) is 6.20 Å². The lowest BCUT2D eigenvalue weighted by atomic mass is 10.0. The first-order valence-electron chi connectivity index (χ1n) is 6.42. The zero-order valence-corrected chi connectivity index (χ0v) is 11.7. The number of rotatable bonds is 2. The van der Waals surface area contributed by atoms with Gasteiger partial charge in [-0.05, 0) is 37.1 Å². The van der Waals surface area contributed by atoms with Crippen LogP contribution in [0.5, 0.6) is 5.75 Å². The number of fused-ring (bicyclic) bond motifs is 1. The molecule has 2 aromatic heterocycles. The largest absolute Gasteiger partial charge is 0.507 e. The van der Waals surface area contributed by atoms with Gasteiger partial charge in [0, 0.05) is 25.0 Å². The zero-order valence-electron chi connectivity index (χ0n) is 11.7. The van der Waals surface area contributed by atoms with Gasteiger partial charge < -0.3 is 10.4 Å². The van der Waals surface area contributed by atoms with Gasteiger partial charge in [-0.2, -0.15) is 0 Å². The third-order valence-corrected chi connectivity index (χ3v) is 3.45. The van der Waals surface area contributed by atoms with E-state index in [1.807, 2.05) is 49.8 Å². The maximum atomic E-state index is 9.88. The lowest BCUT2D eigenvalue weighted by Crippen LogP contribution is -1.97. The van der Waals surface area contributed by atoms with Crippen molar-refractivity contribution < 1.29 is 5.11 Å². The van der Waals surface area contributed by atoms with Gasteiger partial charge in [0.15, 0.2) is 11.5 Å². The van der Waals surface area contributed by atoms with Gasteiger partial charge in [-0.3, -0.25) is 4.40 Å². The second-order valence-corrected chi connectivity index (χ2v) is 4.82. The Kier molecular flexibility index (Phi) is 2.82. The van der Waals surface area contributed by atoms with Crippen molar-refractivity contribution in [2.24, 2.45) is 0 Å². The first-order chi connectivity index (χ1) is 9.61. The van der Waals surface area contributed by atoms with Crippen molar-refractivity contribution in [3.05, 3.63) is 41.9 Å². The summed E-state index contributed by atoms with van der Waals surface area (Å²) in [4.78, 5) is 8.67. The van der Waals surface area contributed by atoms with Gasteiger partial charge in [0.2, 0.25) is 0 Å². The summed E-state index contributed by atoms with van der Waals surface area (Å²) in [6, 6.07) is 3.93. The molecule has 0 aliphatic heterocycles. The van der Waals surface area contributed by atoms with Crippen LogP contribution in [0.4, 0.5) is 5.82 Å². The third kappa shape index (κ3) is 1.79. The molecule has 20 heavy (non-hydrogen) atoms. The van der Waals surface area contributed by atoms with Crippen molar-refractivity contribution in [3.8, 4) is 17.0 Å². The molecule has 0 aliphatic rings. The number of nitrogens with zero attached hydrogens (tertiary/aromatic N) is 3. The fourth-order valence-electron chi connectivity index (χ4n) is 2.41. The lowest BCUT2D eigenvalue weighted by molar-refractivity contribution is 0.467. The summed E-state index contributed by atoms with van der Waals surface area (Å²) >= 11 is 0. The molecule has 0 unspecified atom stereocenters. The number of hydrogen-bond donors (Lipinski definition) is 2. The molecule has 0 bridgehead atoms. The van der Waals surface area contributed by atoms with Crippen molar-refractivity contribution in [1.82, 2.24) is 14.4 Å². The number of aromatic nitrogens is 3. The van der Waals surface area contributed by atoms with E-state index in [-0.39, 0.29) is 0 Å². The monoisotopic (exact) mass is 268 g/mol. The minimum Gasteiger partial charge on any atom is -0.507 e. The van der Waals surface area contributed by atoms with E-state index in [1.165, 1.54) is 0 Å². The molecule has 0 radical (unpaired) electrons. The molecule has 2 heterocycles. The first kappa shape index (κ1) is 12.5. The van der Waals surface area contributed by atoms with Crippen LogP contribution in [-0.2, 0) is 0 Å². The Morgan fingerprint density at radius 2 is 1.85 bits per heavy atom. The Morgan fingerprint density at radius 3 is 2.50 bits per heavy atom. The Hall–Kier alpha value is -2.56. The number of aromatic hydroxyl groups is 1. The van der Waals surface area contributed by atoms with E-state index in [9.17, 15) is 5.11 Å². The van der Waals surface area contributed by atoms with Gasteiger partial charge in [0.25, 0.3) is 0 Å². The van der Waals surface area contributed by atoms with E-state index < -0.39 is 0 Å². The predicted molar refractivity (Wildman–Crippen MR) is 79.1 cm³/mol. The van der Waals surface area contributed by atoms with E-state index in [4.69, 9.17) is 0 Å². The summed E-state index contributed by atoms with van der Waals surface area (Å²) in [6.45, 7) is 3.80. The molecule has 0 saturated carbocycles. The summed E-state index contributed by atoms with van der Waals surface area (Å²) in [6.07, 6.45) is 5.45. The molecule has 0 amide bonds. The van der Waals surface area contributed by atoms with E-state index in [2.05, 4.69) is 15.3 Å². The van der Waals surface area contributed by atoms with Crippen LogP contribution < -0.4 is 5.32 Å². The number of nitrogens with one attached hydrogen (secondary N) is 1. The van der Waals surface area contributed by atoms with Crippen LogP contribution in [0, 0.1) is 13.8 Å². The first-order valence-corrected chi connectivity index (χ1v) is 6.42. The second-order valence-electron chi connectivity index (χ2n) is 4.82. The molecule has 5 nitrogen and oxygen atoms in total. The number of imidazole rings is 1. The van der Waals surface area contributed by atoms with Gasteiger partial charge in [-0.25, -0.2) is 9.97 Å². The Balaban J connectivity index is 2.25. The molecule has 0 saturated heterocycles. The van der Waals surface area contributed by atoms with E-state index >= 15 is 0 Å². The molecule has 0 atom stereocenters. The molecular formula is C15H16N4O. The molecule has 2 N–H and O–H groups in total. The molecule has 102 valence electrons. The van der Waals surface area contributed by atoms with Crippen LogP contribution in [0.3, 0.4) is 0 Å². The van der Waals surface area contributed by atoms with Crippen LogP contribution in [0.25, 0.3) is 16.9 Å². The summed E-state index contributed by atoms with van der Waals surface area (Å²) in [7, 11) is 1.82. The minimum absolute atomic E-state index is 0.347. The Bertz CT molecular complexity index is 769. The molecule has 5 heteroatoms. The quantitative estimate of drug-likeness (QED) is 0.750. The van der Waals surface area contributed by atoms with Gasteiger partial charge >= 0.3 is 0 Å². The molecule has 0 aliphatic carbocycles. The summed E-state index contributed by atoms with van der Waals surface area (Å²) in [5, 5.41) is 12.9. The minimum atomic E-state index is 0.347. The van der Waals surface area contributed by atoms with Gasteiger partial charge in [0.1, 0.15) is 5.75 Å². The molecule has 0 fully saturated rings. The van der Waals surface area contributed by atoms with Gasteiger partial charge in [-0.1, -0.05) is 0 Å². The summed E-state index contributed by atoms with van der Waals surface area (Å²) in [5.74, 6) is 1.09. The summed E-state index contributed by atoms with van der Waals surface area (Å²) < 4.78 is 1.99. The maximum Gasteiger partial charge on any atom is 0.180 e. The van der Waals surface area contributed by atoms with E-state index in [0.29, 0.717) is 5.75 Å². The number of phenols is 1.